The number of phenols is 2. The number of aryl methyl sites for hydroxylation is 1. The molecule has 0 saturated heterocycles. The fourth-order valence-corrected chi connectivity index (χ4v) is 1.54. The fraction of sp³-hybridized carbons (Fsp3) is 0.600. The lowest BCUT2D eigenvalue weighted by atomic mass is 10.2. The second-order valence-corrected chi connectivity index (χ2v) is 4.90. The van der Waals surface area contributed by atoms with Crippen LogP contribution in [-0.2, 0) is 0 Å². The van der Waals surface area contributed by atoms with Gasteiger partial charge in [-0.1, -0.05) is 53.4 Å². The molecule has 0 radical (unpaired) electrons. The van der Waals surface area contributed by atoms with Crippen molar-refractivity contribution in [1.82, 2.24) is 0 Å². The zero-order chi connectivity index (χ0) is 14.6. The molecule has 0 spiro atoms. The highest BCUT2D eigenvalue weighted by atomic mass is 127. The summed E-state index contributed by atoms with van der Waals surface area (Å²) in [6.07, 6.45) is 5.54. The van der Waals surface area contributed by atoms with Crippen molar-refractivity contribution in [2.75, 3.05) is 0 Å². The lowest BCUT2D eigenvalue weighted by Gasteiger charge is -2.00. The van der Waals surface area contributed by atoms with Crippen LogP contribution >= 0.6 is 22.6 Å². The van der Waals surface area contributed by atoms with E-state index in [-0.39, 0.29) is 11.5 Å². The molecular formula is C15H27IO2. The molecule has 0 bridgehead atoms. The van der Waals surface area contributed by atoms with Gasteiger partial charge in [-0.25, -0.2) is 0 Å². The van der Waals surface area contributed by atoms with E-state index in [9.17, 15) is 0 Å². The summed E-state index contributed by atoms with van der Waals surface area (Å²) in [4.78, 5) is 0. The molecule has 0 unspecified atom stereocenters. The summed E-state index contributed by atoms with van der Waals surface area (Å²) in [6.45, 7) is 10.3. The van der Waals surface area contributed by atoms with E-state index in [1.54, 1.807) is 12.1 Å². The number of rotatable bonds is 3. The first-order valence-corrected chi connectivity index (χ1v) is 7.78. The normalized spacial score (nSPS) is 8.78. The van der Waals surface area contributed by atoms with Gasteiger partial charge in [-0.3, -0.25) is 0 Å². The fourth-order valence-electron chi connectivity index (χ4n) is 1.23. The van der Waals surface area contributed by atoms with Crippen molar-refractivity contribution in [3.8, 4) is 11.5 Å². The predicted molar refractivity (Wildman–Crippen MR) is 88.4 cm³/mol. The third-order valence-corrected chi connectivity index (χ3v) is 3.24. The molecule has 3 heteroatoms. The van der Waals surface area contributed by atoms with Gasteiger partial charge >= 0.3 is 0 Å². The minimum absolute atomic E-state index is 0.137. The minimum Gasteiger partial charge on any atom is -0.507 e. The van der Waals surface area contributed by atoms with Crippen LogP contribution in [0.2, 0.25) is 0 Å². The van der Waals surface area contributed by atoms with Crippen LogP contribution in [0.3, 0.4) is 0 Å². The second-order valence-electron chi connectivity index (χ2n) is 3.82. The average Bonchev–Trinajstić information content (AvgIpc) is 2.36. The maximum atomic E-state index is 9.11. The number of benzene rings is 1. The Morgan fingerprint density at radius 2 is 1.28 bits per heavy atom. The molecule has 1 rings (SSSR count). The van der Waals surface area contributed by atoms with Crippen LogP contribution in [0.4, 0.5) is 0 Å². The van der Waals surface area contributed by atoms with Gasteiger partial charge in [0.2, 0.25) is 0 Å². The van der Waals surface area contributed by atoms with Gasteiger partial charge < -0.3 is 10.2 Å². The summed E-state index contributed by atoms with van der Waals surface area (Å²) in [5, 5.41) is 18.2. The van der Waals surface area contributed by atoms with Gasteiger partial charge in [0.05, 0.1) is 3.57 Å². The number of unbranched alkanes of at least 4 members (excludes halogenated alkanes) is 3. The number of halogens is 1. The van der Waals surface area contributed by atoms with Crippen molar-refractivity contribution in [2.24, 2.45) is 0 Å². The molecule has 0 aliphatic heterocycles. The molecule has 2 nitrogen and oxygen atoms in total. The predicted octanol–water partition coefficient (Wildman–Crippen LogP) is 5.62. The van der Waals surface area contributed by atoms with Crippen LogP contribution < -0.4 is 0 Å². The van der Waals surface area contributed by atoms with E-state index < -0.39 is 0 Å². The first-order chi connectivity index (χ1) is 8.52. The van der Waals surface area contributed by atoms with E-state index in [0.29, 0.717) is 3.57 Å². The number of aromatic hydroxyl groups is 2. The lowest BCUT2D eigenvalue weighted by molar-refractivity contribution is 0.443. The van der Waals surface area contributed by atoms with Gasteiger partial charge in [-0.15, -0.1) is 0 Å². The molecule has 0 aromatic heterocycles. The van der Waals surface area contributed by atoms with E-state index in [2.05, 4.69) is 13.8 Å². The van der Waals surface area contributed by atoms with Gasteiger partial charge in [0, 0.05) is 0 Å². The highest BCUT2D eigenvalue weighted by Gasteiger charge is 2.02. The quantitative estimate of drug-likeness (QED) is 0.538. The van der Waals surface area contributed by atoms with E-state index in [1.807, 2.05) is 43.4 Å². The lowest BCUT2D eigenvalue weighted by Crippen LogP contribution is -1.77. The molecule has 0 fully saturated rings. The Bertz CT molecular complexity index is 284. The smallest absolute Gasteiger partial charge is 0.132 e. The molecule has 106 valence electrons. The first kappa shape index (κ1) is 19.9. The average molecular weight is 366 g/mol. The highest BCUT2D eigenvalue weighted by Crippen LogP contribution is 2.29. The molecule has 0 aliphatic rings. The Hall–Kier alpha value is -0.450. The topological polar surface area (TPSA) is 40.5 Å². The van der Waals surface area contributed by atoms with Crippen LogP contribution in [0.1, 0.15) is 58.9 Å². The van der Waals surface area contributed by atoms with Crippen molar-refractivity contribution in [3.63, 3.8) is 0 Å². The monoisotopic (exact) mass is 366 g/mol. The Labute approximate surface area is 126 Å². The van der Waals surface area contributed by atoms with Gasteiger partial charge in [-0.2, -0.15) is 0 Å². The summed E-state index contributed by atoms with van der Waals surface area (Å²) < 4.78 is 0.503. The van der Waals surface area contributed by atoms with E-state index in [0.717, 1.165) is 5.56 Å². The number of hydrogen-bond acceptors (Lipinski definition) is 2. The maximum Gasteiger partial charge on any atom is 0.132 e. The van der Waals surface area contributed by atoms with Crippen molar-refractivity contribution in [2.45, 2.75) is 60.3 Å². The standard InChI is InChI=1S/C7H7IO2.C6H14.C2H6/c1-4-2-5(9)7(8)6(10)3-4;1-3-5-6-4-2;1-2/h2-3,9-10H,1H3;3-6H2,1-2H3;1-2H3. The molecule has 18 heavy (non-hydrogen) atoms. The largest absolute Gasteiger partial charge is 0.507 e. The van der Waals surface area contributed by atoms with Crippen LogP contribution in [0.15, 0.2) is 12.1 Å². The van der Waals surface area contributed by atoms with Gasteiger partial charge in [0.25, 0.3) is 0 Å². The molecule has 0 heterocycles. The van der Waals surface area contributed by atoms with Crippen LogP contribution in [0.5, 0.6) is 11.5 Å². The van der Waals surface area contributed by atoms with Crippen LogP contribution in [-0.4, -0.2) is 10.2 Å². The van der Waals surface area contributed by atoms with Crippen LogP contribution in [0, 0.1) is 10.5 Å². The number of phenolic OH excluding ortho intramolecular Hbond substituents is 2. The van der Waals surface area contributed by atoms with Crippen LogP contribution in [0.25, 0.3) is 0 Å². The zero-order valence-corrected chi connectivity index (χ0v) is 14.4. The van der Waals surface area contributed by atoms with Gasteiger partial charge in [-0.05, 0) is 47.2 Å². The van der Waals surface area contributed by atoms with Gasteiger partial charge in [0.15, 0.2) is 0 Å². The molecule has 0 atom stereocenters. The molecular weight excluding hydrogens is 339 g/mol. The van der Waals surface area contributed by atoms with Crippen molar-refractivity contribution < 1.29 is 10.2 Å². The Kier molecular flexibility index (Phi) is 14.3. The Balaban J connectivity index is 0. The van der Waals surface area contributed by atoms with Crippen molar-refractivity contribution in [1.29, 1.82) is 0 Å². The summed E-state index contributed by atoms with van der Waals surface area (Å²) >= 11 is 1.89. The zero-order valence-electron chi connectivity index (χ0n) is 12.3. The summed E-state index contributed by atoms with van der Waals surface area (Å²) in [5.74, 6) is 0.274. The third kappa shape index (κ3) is 9.57. The summed E-state index contributed by atoms with van der Waals surface area (Å²) in [5.41, 5.74) is 0.857. The first-order valence-electron chi connectivity index (χ1n) is 6.71. The molecule has 2 N–H and O–H groups in total. The SMILES string of the molecule is CC.CCCCCC.Cc1cc(O)c(I)c(O)c1. The third-order valence-electron chi connectivity index (χ3n) is 2.14. The second kappa shape index (κ2) is 13.0. The molecule has 0 saturated carbocycles. The molecule has 1 aromatic carbocycles. The van der Waals surface area contributed by atoms with Crippen molar-refractivity contribution in [3.05, 3.63) is 21.3 Å². The highest BCUT2D eigenvalue weighted by molar-refractivity contribution is 14.1. The molecule has 1 aromatic rings. The van der Waals surface area contributed by atoms with E-state index >= 15 is 0 Å². The molecule has 0 amide bonds. The number of hydrogen-bond donors (Lipinski definition) is 2. The molecule has 0 aliphatic carbocycles. The maximum absolute atomic E-state index is 9.11. The van der Waals surface area contributed by atoms with Gasteiger partial charge in [0.1, 0.15) is 11.5 Å². The van der Waals surface area contributed by atoms with Crippen molar-refractivity contribution >= 4 is 22.6 Å². The summed E-state index contributed by atoms with van der Waals surface area (Å²) in [6, 6.07) is 3.23. The Morgan fingerprint density at radius 3 is 1.56 bits per heavy atom. The van der Waals surface area contributed by atoms with E-state index in [4.69, 9.17) is 10.2 Å². The summed E-state index contributed by atoms with van der Waals surface area (Å²) in [7, 11) is 0. The minimum atomic E-state index is 0.137. The van der Waals surface area contributed by atoms with E-state index in [1.165, 1.54) is 25.7 Å². The Morgan fingerprint density at radius 1 is 0.944 bits per heavy atom.